The number of aromatic nitrogens is 1. The molecule has 8 heteroatoms. The number of carbonyl (C=O) groups excluding carboxylic acids is 3. The highest BCUT2D eigenvalue weighted by molar-refractivity contribution is 6.02. The quantitative estimate of drug-likeness (QED) is 0.629. The molecule has 2 N–H and O–H groups in total. The standard InChI is InChI=1S/C18H18F2N2O4/c1-8-15(10(3)23)9(2)21-16(8)18(25)26-11(4)17(24)22-14-7-12(19)5-6-13(14)20/h5-7,11,21H,1-4H3,(H,22,24). The zero-order valence-electron chi connectivity index (χ0n) is 14.7. The maximum Gasteiger partial charge on any atom is 0.355 e. The Labute approximate surface area is 148 Å². The third kappa shape index (κ3) is 3.96. The molecule has 1 aromatic carbocycles. The number of nitrogens with one attached hydrogen (secondary N) is 2. The Morgan fingerprint density at radius 3 is 2.42 bits per heavy atom. The average Bonchev–Trinajstić information content (AvgIpc) is 2.85. The first-order valence-electron chi connectivity index (χ1n) is 7.78. The van der Waals surface area contributed by atoms with Crippen LogP contribution in [0.3, 0.4) is 0 Å². The summed E-state index contributed by atoms with van der Waals surface area (Å²) in [7, 11) is 0. The summed E-state index contributed by atoms with van der Waals surface area (Å²) in [5.74, 6) is -3.40. The van der Waals surface area contributed by atoms with Gasteiger partial charge in [-0.1, -0.05) is 0 Å². The molecule has 0 fully saturated rings. The Bertz CT molecular complexity index is 890. The first-order valence-corrected chi connectivity index (χ1v) is 7.78. The molecule has 1 heterocycles. The maximum atomic E-state index is 13.6. The van der Waals surface area contributed by atoms with Gasteiger partial charge in [-0.15, -0.1) is 0 Å². The second-order valence-corrected chi connectivity index (χ2v) is 5.84. The van der Waals surface area contributed by atoms with Crippen molar-refractivity contribution in [3.05, 3.63) is 52.3 Å². The van der Waals surface area contributed by atoms with E-state index in [1.165, 1.54) is 13.8 Å². The summed E-state index contributed by atoms with van der Waals surface area (Å²) >= 11 is 0. The summed E-state index contributed by atoms with van der Waals surface area (Å²) in [5.41, 5.74) is 1.02. The van der Waals surface area contributed by atoms with E-state index in [0.29, 0.717) is 16.8 Å². The van der Waals surface area contributed by atoms with Crippen LogP contribution in [0.5, 0.6) is 0 Å². The average molecular weight is 364 g/mol. The van der Waals surface area contributed by atoms with E-state index in [4.69, 9.17) is 4.74 Å². The van der Waals surface area contributed by atoms with E-state index in [1.54, 1.807) is 13.8 Å². The minimum Gasteiger partial charge on any atom is -0.448 e. The molecule has 1 amide bonds. The number of halogens is 2. The molecule has 138 valence electrons. The number of H-pyrrole nitrogens is 1. The number of carbonyl (C=O) groups is 3. The van der Waals surface area contributed by atoms with Crippen LogP contribution in [0.2, 0.25) is 0 Å². The molecule has 1 aromatic heterocycles. The van der Waals surface area contributed by atoms with E-state index >= 15 is 0 Å². The number of rotatable bonds is 5. The Morgan fingerprint density at radius 1 is 1.19 bits per heavy atom. The highest BCUT2D eigenvalue weighted by Crippen LogP contribution is 2.20. The molecule has 0 aliphatic rings. The van der Waals surface area contributed by atoms with Gasteiger partial charge in [0.2, 0.25) is 0 Å². The van der Waals surface area contributed by atoms with Crippen LogP contribution in [-0.4, -0.2) is 28.7 Å². The first kappa shape index (κ1) is 19.3. The summed E-state index contributed by atoms with van der Waals surface area (Å²) in [6.45, 7) is 5.90. The van der Waals surface area contributed by atoms with Gasteiger partial charge in [-0.25, -0.2) is 13.6 Å². The Hall–Kier alpha value is -3.03. The summed E-state index contributed by atoms with van der Waals surface area (Å²) in [6, 6.07) is 2.60. The third-order valence-electron chi connectivity index (χ3n) is 3.83. The fourth-order valence-electron chi connectivity index (χ4n) is 2.58. The lowest BCUT2D eigenvalue weighted by Crippen LogP contribution is -2.30. The van der Waals surface area contributed by atoms with Crippen molar-refractivity contribution in [2.75, 3.05) is 5.32 Å². The van der Waals surface area contributed by atoms with E-state index < -0.39 is 29.6 Å². The molecule has 0 aliphatic heterocycles. The van der Waals surface area contributed by atoms with Crippen LogP contribution in [0, 0.1) is 25.5 Å². The molecular weight excluding hydrogens is 346 g/mol. The van der Waals surface area contributed by atoms with Gasteiger partial charge in [0, 0.05) is 17.3 Å². The minimum absolute atomic E-state index is 0.0595. The Balaban J connectivity index is 2.12. The van der Waals surface area contributed by atoms with Crippen LogP contribution in [0.25, 0.3) is 0 Å². The molecule has 0 radical (unpaired) electrons. The van der Waals surface area contributed by atoms with Crippen LogP contribution in [0.4, 0.5) is 14.5 Å². The van der Waals surface area contributed by atoms with Crippen LogP contribution in [0.15, 0.2) is 18.2 Å². The smallest absolute Gasteiger partial charge is 0.355 e. The minimum atomic E-state index is -1.27. The molecule has 0 bridgehead atoms. The molecule has 0 spiro atoms. The van der Waals surface area contributed by atoms with Crippen LogP contribution in [-0.2, 0) is 9.53 Å². The van der Waals surface area contributed by atoms with Crippen molar-refractivity contribution >= 4 is 23.3 Å². The van der Waals surface area contributed by atoms with E-state index in [9.17, 15) is 23.2 Å². The zero-order chi connectivity index (χ0) is 19.6. The SMILES string of the molecule is CC(=O)c1c(C)[nH]c(C(=O)OC(C)C(=O)Nc2cc(F)ccc2F)c1C. The van der Waals surface area contributed by atoms with Gasteiger partial charge in [-0.3, -0.25) is 9.59 Å². The molecule has 26 heavy (non-hydrogen) atoms. The van der Waals surface area contributed by atoms with E-state index in [2.05, 4.69) is 10.3 Å². The van der Waals surface area contributed by atoms with Gasteiger partial charge >= 0.3 is 5.97 Å². The number of aromatic amines is 1. The molecular formula is C18H18F2N2O4. The predicted molar refractivity (Wildman–Crippen MR) is 90.1 cm³/mol. The third-order valence-corrected chi connectivity index (χ3v) is 3.83. The van der Waals surface area contributed by atoms with Crippen LogP contribution in [0.1, 0.15) is 46.0 Å². The number of hydrogen-bond donors (Lipinski definition) is 2. The van der Waals surface area contributed by atoms with Crippen LogP contribution >= 0.6 is 0 Å². The van der Waals surface area contributed by atoms with Crippen molar-refractivity contribution in [1.29, 1.82) is 0 Å². The topological polar surface area (TPSA) is 88.3 Å². The van der Waals surface area contributed by atoms with Crippen molar-refractivity contribution in [3.8, 4) is 0 Å². The van der Waals surface area contributed by atoms with Crippen molar-refractivity contribution in [3.63, 3.8) is 0 Å². The summed E-state index contributed by atoms with van der Waals surface area (Å²) < 4.78 is 31.8. The van der Waals surface area contributed by atoms with Gasteiger partial charge in [0.25, 0.3) is 5.91 Å². The lowest BCUT2D eigenvalue weighted by Gasteiger charge is -2.14. The van der Waals surface area contributed by atoms with Gasteiger partial charge in [0.05, 0.1) is 5.69 Å². The monoisotopic (exact) mass is 364 g/mol. The number of anilines is 1. The van der Waals surface area contributed by atoms with Gasteiger partial charge < -0.3 is 15.0 Å². The molecule has 0 saturated heterocycles. The number of ether oxygens (including phenoxy) is 1. The van der Waals surface area contributed by atoms with Crippen molar-refractivity contribution in [2.24, 2.45) is 0 Å². The second kappa shape index (κ2) is 7.47. The largest absolute Gasteiger partial charge is 0.448 e. The van der Waals surface area contributed by atoms with Crippen molar-refractivity contribution in [1.82, 2.24) is 4.98 Å². The fraction of sp³-hybridized carbons (Fsp3) is 0.278. The maximum absolute atomic E-state index is 13.6. The highest BCUT2D eigenvalue weighted by atomic mass is 19.1. The molecule has 2 rings (SSSR count). The van der Waals surface area contributed by atoms with E-state index in [0.717, 1.165) is 18.2 Å². The molecule has 0 saturated carbocycles. The second-order valence-electron chi connectivity index (χ2n) is 5.84. The number of aryl methyl sites for hydroxylation is 1. The highest BCUT2D eigenvalue weighted by Gasteiger charge is 2.25. The number of benzene rings is 1. The number of hydrogen-bond acceptors (Lipinski definition) is 4. The van der Waals surface area contributed by atoms with E-state index in [1.807, 2.05) is 0 Å². The predicted octanol–water partition coefficient (Wildman–Crippen LogP) is 3.30. The van der Waals surface area contributed by atoms with Crippen molar-refractivity contribution in [2.45, 2.75) is 33.8 Å². The Morgan fingerprint density at radius 2 is 1.85 bits per heavy atom. The first-order chi connectivity index (χ1) is 12.1. The number of ketones is 1. The number of Topliss-reactive ketones (excluding diaryl/α,β-unsaturated/α-hetero) is 1. The lowest BCUT2D eigenvalue weighted by molar-refractivity contribution is -0.123. The van der Waals surface area contributed by atoms with Crippen LogP contribution < -0.4 is 5.32 Å². The molecule has 0 aliphatic carbocycles. The van der Waals surface area contributed by atoms with Gasteiger partial charge in [0.15, 0.2) is 11.9 Å². The Kier molecular flexibility index (Phi) is 5.54. The normalized spacial score (nSPS) is 11.8. The molecule has 2 aromatic rings. The summed E-state index contributed by atoms with van der Waals surface area (Å²) in [4.78, 5) is 38.7. The van der Waals surface area contributed by atoms with Gasteiger partial charge in [-0.05, 0) is 45.4 Å². The fourth-order valence-corrected chi connectivity index (χ4v) is 2.58. The number of amides is 1. The van der Waals surface area contributed by atoms with Gasteiger partial charge in [-0.2, -0.15) is 0 Å². The van der Waals surface area contributed by atoms with Gasteiger partial charge in [0.1, 0.15) is 17.3 Å². The molecule has 6 nitrogen and oxygen atoms in total. The summed E-state index contributed by atoms with van der Waals surface area (Å²) in [6.07, 6.45) is -1.27. The van der Waals surface area contributed by atoms with E-state index in [-0.39, 0.29) is 17.2 Å². The molecule has 1 unspecified atom stereocenters. The zero-order valence-corrected chi connectivity index (χ0v) is 14.7. The number of esters is 1. The summed E-state index contributed by atoms with van der Waals surface area (Å²) in [5, 5.41) is 2.16. The van der Waals surface area contributed by atoms with Crippen molar-refractivity contribution < 1.29 is 27.9 Å². The lowest BCUT2D eigenvalue weighted by atomic mass is 10.1. The molecule has 1 atom stereocenters.